The van der Waals surface area contributed by atoms with Gasteiger partial charge in [-0.3, -0.25) is 13.9 Å². The molecule has 0 aliphatic rings. The topological polar surface area (TPSA) is 86.8 Å². The number of carbonyl (C=O) groups excluding carboxylic acids is 2. The summed E-state index contributed by atoms with van der Waals surface area (Å²) in [6.45, 7) is 9.69. The zero-order valence-corrected chi connectivity index (χ0v) is 28.2. The number of hydrogen-bond donors (Lipinski definition) is 1. The van der Waals surface area contributed by atoms with Gasteiger partial charge >= 0.3 is 0 Å². The summed E-state index contributed by atoms with van der Waals surface area (Å²) in [5.74, 6) is -0.506. The van der Waals surface area contributed by atoms with Gasteiger partial charge in [-0.2, -0.15) is 0 Å². The molecule has 0 aromatic heterocycles. The lowest BCUT2D eigenvalue weighted by molar-refractivity contribution is -0.140. The first-order valence-corrected chi connectivity index (χ1v) is 17.3. The van der Waals surface area contributed by atoms with Crippen molar-refractivity contribution in [3.05, 3.63) is 131 Å². The van der Waals surface area contributed by atoms with Crippen molar-refractivity contribution in [3.63, 3.8) is 0 Å². The van der Waals surface area contributed by atoms with E-state index in [1.807, 2.05) is 87.5 Å². The molecule has 0 spiro atoms. The van der Waals surface area contributed by atoms with Crippen LogP contribution < -0.4 is 9.62 Å². The number of hydrogen-bond acceptors (Lipinski definition) is 4. The highest BCUT2D eigenvalue weighted by Gasteiger charge is 2.35. The molecule has 0 aliphatic carbocycles. The minimum atomic E-state index is -4.14. The summed E-state index contributed by atoms with van der Waals surface area (Å²) in [7, 11) is -4.14. The lowest BCUT2D eigenvalue weighted by atomic mass is 10.0. The largest absolute Gasteiger partial charge is 0.352 e. The Bertz CT molecular complexity index is 1670. The molecule has 4 aromatic carbocycles. The fourth-order valence-corrected chi connectivity index (χ4v) is 6.59. The smallest absolute Gasteiger partial charge is 0.264 e. The first kappa shape index (κ1) is 34.4. The van der Waals surface area contributed by atoms with Crippen molar-refractivity contribution in [2.75, 3.05) is 10.8 Å². The van der Waals surface area contributed by atoms with Gasteiger partial charge in [0.2, 0.25) is 11.8 Å². The zero-order valence-electron chi connectivity index (χ0n) is 27.4. The summed E-state index contributed by atoms with van der Waals surface area (Å²) in [6, 6.07) is 31.8. The Kier molecular flexibility index (Phi) is 11.8. The van der Waals surface area contributed by atoms with Crippen molar-refractivity contribution < 1.29 is 18.0 Å². The normalized spacial score (nSPS) is 12.7. The summed E-state index contributed by atoms with van der Waals surface area (Å²) in [5.41, 5.74) is 4.24. The SMILES string of the molecule is CC[C@@H](C)NC(=O)[C@H](Cc1ccccc1)N(Cc1ccc(C)cc1)C(=O)CN(c1ccc(C(C)C)cc1)S(=O)(=O)c1ccccc1. The quantitative estimate of drug-likeness (QED) is 0.163. The third-order valence-electron chi connectivity index (χ3n) is 8.20. The van der Waals surface area contributed by atoms with Gasteiger partial charge in [-0.05, 0) is 67.1 Å². The third kappa shape index (κ3) is 8.85. The van der Waals surface area contributed by atoms with Crippen molar-refractivity contribution >= 4 is 27.5 Å². The predicted molar refractivity (Wildman–Crippen MR) is 185 cm³/mol. The molecule has 0 unspecified atom stereocenters. The lowest BCUT2D eigenvalue weighted by Crippen LogP contribution is -2.54. The number of anilines is 1. The van der Waals surface area contributed by atoms with Crippen LogP contribution in [0.2, 0.25) is 0 Å². The Morgan fingerprint density at radius 2 is 1.35 bits per heavy atom. The highest BCUT2D eigenvalue weighted by Crippen LogP contribution is 2.27. The summed E-state index contributed by atoms with van der Waals surface area (Å²) < 4.78 is 29.5. The Morgan fingerprint density at radius 3 is 1.91 bits per heavy atom. The maximum Gasteiger partial charge on any atom is 0.264 e. The second kappa shape index (κ2) is 15.7. The second-order valence-corrected chi connectivity index (χ2v) is 14.0. The van der Waals surface area contributed by atoms with E-state index in [-0.39, 0.29) is 35.7 Å². The first-order valence-electron chi connectivity index (χ1n) is 15.9. The summed E-state index contributed by atoms with van der Waals surface area (Å²) in [4.78, 5) is 30.1. The Morgan fingerprint density at radius 1 is 0.761 bits per heavy atom. The number of benzene rings is 4. The second-order valence-electron chi connectivity index (χ2n) is 12.1. The highest BCUT2D eigenvalue weighted by atomic mass is 32.2. The molecule has 4 aromatic rings. The molecule has 2 atom stereocenters. The maximum absolute atomic E-state index is 14.6. The minimum Gasteiger partial charge on any atom is -0.352 e. The van der Waals surface area contributed by atoms with Gasteiger partial charge in [0.1, 0.15) is 12.6 Å². The van der Waals surface area contributed by atoms with Gasteiger partial charge in [0.15, 0.2) is 0 Å². The van der Waals surface area contributed by atoms with E-state index in [0.717, 1.165) is 33.0 Å². The monoisotopic (exact) mass is 639 g/mol. The van der Waals surface area contributed by atoms with E-state index < -0.39 is 28.5 Å². The van der Waals surface area contributed by atoms with E-state index >= 15 is 0 Å². The molecule has 4 rings (SSSR count). The fourth-order valence-electron chi connectivity index (χ4n) is 5.16. The average Bonchev–Trinajstić information content (AvgIpc) is 3.06. The molecule has 8 heteroatoms. The van der Waals surface area contributed by atoms with Crippen LogP contribution in [-0.2, 0) is 32.6 Å². The van der Waals surface area contributed by atoms with Crippen LogP contribution in [0.4, 0.5) is 5.69 Å². The van der Waals surface area contributed by atoms with Crippen molar-refractivity contribution in [1.82, 2.24) is 10.2 Å². The molecule has 0 saturated carbocycles. The molecule has 46 heavy (non-hydrogen) atoms. The van der Waals surface area contributed by atoms with E-state index in [0.29, 0.717) is 5.69 Å². The van der Waals surface area contributed by atoms with Crippen molar-refractivity contribution in [1.29, 1.82) is 0 Å². The van der Waals surface area contributed by atoms with Crippen molar-refractivity contribution in [2.45, 2.75) is 76.9 Å². The van der Waals surface area contributed by atoms with E-state index in [1.165, 1.54) is 17.0 Å². The molecule has 0 fully saturated rings. The molecule has 1 N–H and O–H groups in total. The number of carbonyl (C=O) groups is 2. The summed E-state index contributed by atoms with van der Waals surface area (Å²) in [5, 5.41) is 3.07. The van der Waals surface area contributed by atoms with Crippen LogP contribution in [0.3, 0.4) is 0 Å². The van der Waals surface area contributed by atoms with Gasteiger partial charge in [-0.1, -0.05) is 111 Å². The van der Waals surface area contributed by atoms with Crippen LogP contribution in [0.1, 0.15) is 62.3 Å². The molecule has 242 valence electrons. The van der Waals surface area contributed by atoms with Gasteiger partial charge in [-0.15, -0.1) is 0 Å². The van der Waals surface area contributed by atoms with Gasteiger partial charge in [0.05, 0.1) is 10.6 Å². The lowest BCUT2D eigenvalue weighted by Gasteiger charge is -2.34. The third-order valence-corrected chi connectivity index (χ3v) is 9.99. The van der Waals surface area contributed by atoms with Crippen LogP contribution in [-0.4, -0.2) is 43.8 Å². The Hall–Kier alpha value is -4.43. The summed E-state index contributed by atoms with van der Waals surface area (Å²) >= 11 is 0. The number of sulfonamides is 1. The molecule has 7 nitrogen and oxygen atoms in total. The Labute approximate surface area is 274 Å². The molecular weight excluding hydrogens is 595 g/mol. The van der Waals surface area contributed by atoms with Crippen LogP contribution in [0.25, 0.3) is 0 Å². The van der Waals surface area contributed by atoms with E-state index in [2.05, 4.69) is 19.2 Å². The number of nitrogens with one attached hydrogen (secondary N) is 1. The van der Waals surface area contributed by atoms with Crippen molar-refractivity contribution in [2.24, 2.45) is 0 Å². The minimum absolute atomic E-state index is 0.0798. The number of rotatable bonds is 14. The van der Waals surface area contributed by atoms with Gasteiger partial charge in [-0.25, -0.2) is 8.42 Å². The van der Waals surface area contributed by atoms with Gasteiger partial charge in [0.25, 0.3) is 10.0 Å². The zero-order chi connectivity index (χ0) is 33.3. The van der Waals surface area contributed by atoms with Crippen LogP contribution in [0.15, 0.2) is 114 Å². The molecule has 0 radical (unpaired) electrons. The van der Waals surface area contributed by atoms with Gasteiger partial charge < -0.3 is 10.2 Å². The van der Waals surface area contributed by atoms with E-state index in [4.69, 9.17) is 0 Å². The molecular formula is C38H45N3O4S. The summed E-state index contributed by atoms with van der Waals surface area (Å²) in [6.07, 6.45) is 1.00. The number of amides is 2. The van der Waals surface area contributed by atoms with Crippen LogP contribution >= 0.6 is 0 Å². The first-order chi connectivity index (χ1) is 22.0. The number of aryl methyl sites for hydroxylation is 1. The molecule has 0 heterocycles. The molecule has 0 saturated heterocycles. The molecule has 0 bridgehead atoms. The standard InChI is InChI=1S/C38H45N3O4S/c1-6-30(5)39-38(43)36(25-31-13-9-7-10-14-31)40(26-32-19-17-29(4)18-20-32)37(42)27-41(34-23-21-33(22-24-34)28(2)3)46(44,45)35-15-11-8-12-16-35/h7-24,28,30,36H,6,25-27H2,1-5H3,(H,39,43)/t30-,36+/m1/s1. The molecule has 2 amide bonds. The maximum atomic E-state index is 14.6. The van der Waals surface area contributed by atoms with E-state index in [9.17, 15) is 18.0 Å². The average molecular weight is 640 g/mol. The van der Waals surface area contributed by atoms with E-state index in [1.54, 1.807) is 30.3 Å². The fraction of sp³-hybridized carbons (Fsp3) is 0.316. The Balaban J connectivity index is 1.80. The van der Waals surface area contributed by atoms with Gasteiger partial charge in [0, 0.05) is 19.0 Å². The van der Waals surface area contributed by atoms with Crippen molar-refractivity contribution in [3.8, 4) is 0 Å². The molecule has 0 aliphatic heterocycles. The van der Waals surface area contributed by atoms with Crippen LogP contribution in [0.5, 0.6) is 0 Å². The number of nitrogens with zero attached hydrogens (tertiary/aromatic N) is 2. The predicted octanol–water partition coefficient (Wildman–Crippen LogP) is 6.87. The highest BCUT2D eigenvalue weighted by molar-refractivity contribution is 7.92. The van der Waals surface area contributed by atoms with Crippen LogP contribution in [0, 0.1) is 6.92 Å².